The highest BCUT2D eigenvalue weighted by Gasteiger charge is 2.29. The molecule has 1 N–H and O–H groups in total. The molecule has 5 heteroatoms. The molecule has 0 spiro atoms. The minimum Gasteiger partial charge on any atom is -0.466 e. The van der Waals surface area contributed by atoms with Gasteiger partial charge in [-0.05, 0) is 39.2 Å². The lowest BCUT2D eigenvalue weighted by Crippen LogP contribution is -2.45. The average Bonchev–Trinajstić information content (AvgIpc) is 3.13. The molecule has 2 rings (SSSR count). The first-order valence-electron chi connectivity index (χ1n) is 6.87. The predicted octanol–water partition coefficient (Wildman–Crippen LogP) is 0.540. The van der Waals surface area contributed by atoms with Crippen LogP contribution in [0.3, 0.4) is 0 Å². The van der Waals surface area contributed by atoms with Crippen LogP contribution in [0.1, 0.15) is 32.6 Å². The van der Waals surface area contributed by atoms with E-state index < -0.39 is 0 Å². The zero-order chi connectivity index (χ0) is 13.0. The Hall–Kier alpha value is -1.10. The number of piperidine rings is 1. The number of amides is 1. The Kier molecular flexibility index (Phi) is 4.58. The molecule has 0 radical (unpaired) electrons. The fourth-order valence-corrected chi connectivity index (χ4v) is 2.36. The summed E-state index contributed by atoms with van der Waals surface area (Å²) in [6.07, 6.45) is 4.05. The van der Waals surface area contributed by atoms with Crippen LogP contribution in [0.4, 0.5) is 0 Å². The van der Waals surface area contributed by atoms with Crippen LogP contribution in [0.2, 0.25) is 0 Å². The minimum atomic E-state index is -0.121. The van der Waals surface area contributed by atoms with Crippen molar-refractivity contribution in [2.24, 2.45) is 5.92 Å². The van der Waals surface area contributed by atoms with E-state index in [2.05, 4.69) is 10.2 Å². The third kappa shape index (κ3) is 3.98. The molecule has 102 valence electrons. The number of nitrogens with zero attached hydrogens (tertiary/aromatic N) is 1. The van der Waals surface area contributed by atoms with Crippen LogP contribution in [0.25, 0.3) is 0 Å². The standard InChI is InChI=1S/C13H22N2O3/c1-2-18-13(17)10-4-3-7-15(8-10)9-12(16)14-11-5-6-11/h10-11H,2-9H2,1H3,(H,14,16)/t10-/m0/s1. The highest BCUT2D eigenvalue weighted by molar-refractivity contribution is 5.79. The molecular weight excluding hydrogens is 232 g/mol. The molecule has 2 aliphatic rings. The Morgan fingerprint density at radius 1 is 1.33 bits per heavy atom. The topological polar surface area (TPSA) is 58.6 Å². The van der Waals surface area contributed by atoms with Gasteiger partial charge >= 0.3 is 5.97 Å². The molecule has 0 aromatic heterocycles. The van der Waals surface area contributed by atoms with Crippen molar-refractivity contribution in [1.82, 2.24) is 10.2 Å². The van der Waals surface area contributed by atoms with Gasteiger partial charge in [-0.25, -0.2) is 0 Å². The molecular formula is C13H22N2O3. The fourth-order valence-electron chi connectivity index (χ4n) is 2.36. The van der Waals surface area contributed by atoms with Crippen LogP contribution in [0, 0.1) is 5.92 Å². The van der Waals surface area contributed by atoms with E-state index >= 15 is 0 Å². The molecule has 2 fully saturated rings. The first-order chi connectivity index (χ1) is 8.69. The largest absolute Gasteiger partial charge is 0.466 e. The van der Waals surface area contributed by atoms with Crippen LogP contribution in [-0.4, -0.2) is 49.1 Å². The van der Waals surface area contributed by atoms with Crippen molar-refractivity contribution >= 4 is 11.9 Å². The zero-order valence-electron chi connectivity index (χ0n) is 11.0. The number of rotatable bonds is 5. The number of hydrogen-bond acceptors (Lipinski definition) is 4. The molecule has 1 saturated heterocycles. The second kappa shape index (κ2) is 6.18. The number of hydrogen-bond donors (Lipinski definition) is 1. The number of ether oxygens (including phenoxy) is 1. The van der Waals surface area contributed by atoms with Crippen LogP contribution >= 0.6 is 0 Å². The Morgan fingerprint density at radius 3 is 2.78 bits per heavy atom. The van der Waals surface area contributed by atoms with Gasteiger partial charge in [-0.2, -0.15) is 0 Å². The van der Waals surface area contributed by atoms with Crippen molar-refractivity contribution in [3.63, 3.8) is 0 Å². The number of esters is 1. The van der Waals surface area contributed by atoms with Crippen LogP contribution in [0.15, 0.2) is 0 Å². The Morgan fingerprint density at radius 2 is 2.11 bits per heavy atom. The Labute approximate surface area is 108 Å². The van der Waals surface area contributed by atoms with Gasteiger partial charge in [-0.3, -0.25) is 14.5 Å². The maximum Gasteiger partial charge on any atom is 0.310 e. The Bertz CT molecular complexity index is 315. The van der Waals surface area contributed by atoms with Crippen LogP contribution < -0.4 is 5.32 Å². The average molecular weight is 254 g/mol. The summed E-state index contributed by atoms with van der Waals surface area (Å²) in [5.74, 6) is -0.0979. The summed E-state index contributed by atoms with van der Waals surface area (Å²) < 4.78 is 5.04. The summed E-state index contributed by atoms with van der Waals surface area (Å²) in [5, 5.41) is 2.97. The summed E-state index contributed by atoms with van der Waals surface area (Å²) in [4.78, 5) is 25.4. The van der Waals surface area contributed by atoms with Gasteiger partial charge in [0.15, 0.2) is 0 Å². The van der Waals surface area contributed by atoms with Gasteiger partial charge in [0, 0.05) is 12.6 Å². The van der Waals surface area contributed by atoms with Gasteiger partial charge in [0.1, 0.15) is 0 Å². The van der Waals surface area contributed by atoms with E-state index in [4.69, 9.17) is 4.74 Å². The number of carbonyl (C=O) groups excluding carboxylic acids is 2. The summed E-state index contributed by atoms with van der Waals surface area (Å²) in [7, 11) is 0. The molecule has 1 atom stereocenters. The SMILES string of the molecule is CCOC(=O)[C@H]1CCCN(CC(=O)NC2CC2)C1. The maximum atomic E-state index is 11.7. The second-order valence-electron chi connectivity index (χ2n) is 5.17. The molecule has 1 aliphatic heterocycles. The normalized spacial score (nSPS) is 24.6. The third-order valence-electron chi connectivity index (χ3n) is 3.44. The van der Waals surface area contributed by atoms with Gasteiger partial charge in [-0.1, -0.05) is 0 Å². The zero-order valence-corrected chi connectivity index (χ0v) is 11.0. The molecule has 1 heterocycles. The van der Waals surface area contributed by atoms with E-state index in [1.807, 2.05) is 6.92 Å². The lowest BCUT2D eigenvalue weighted by Gasteiger charge is -2.30. The van der Waals surface area contributed by atoms with E-state index in [9.17, 15) is 9.59 Å². The van der Waals surface area contributed by atoms with Crippen LogP contribution in [0.5, 0.6) is 0 Å². The first-order valence-corrected chi connectivity index (χ1v) is 6.87. The van der Waals surface area contributed by atoms with E-state index in [1.54, 1.807) is 0 Å². The number of carbonyl (C=O) groups is 2. The van der Waals surface area contributed by atoms with Crippen molar-refractivity contribution in [2.75, 3.05) is 26.2 Å². The molecule has 1 saturated carbocycles. The number of likely N-dealkylation sites (tertiary alicyclic amines) is 1. The quantitative estimate of drug-likeness (QED) is 0.728. The van der Waals surface area contributed by atoms with E-state index in [1.165, 1.54) is 0 Å². The maximum absolute atomic E-state index is 11.7. The smallest absolute Gasteiger partial charge is 0.310 e. The summed E-state index contributed by atoms with van der Waals surface area (Å²) >= 11 is 0. The van der Waals surface area contributed by atoms with Gasteiger partial charge in [0.25, 0.3) is 0 Å². The van der Waals surface area contributed by atoms with Crippen molar-refractivity contribution < 1.29 is 14.3 Å². The summed E-state index contributed by atoms with van der Waals surface area (Å²) in [6, 6.07) is 0.406. The van der Waals surface area contributed by atoms with Crippen molar-refractivity contribution in [3.05, 3.63) is 0 Å². The molecule has 0 aromatic carbocycles. The molecule has 1 amide bonds. The predicted molar refractivity (Wildman–Crippen MR) is 67.0 cm³/mol. The van der Waals surface area contributed by atoms with Gasteiger partial charge in [0.2, 0.25) is 5.91 Å². The lowest BCUT2D eigenvalue weighted by molar-refractivity contribution is -0.150. The summed E-state index contributed by atoms with van der Waals surface area (Å²) in [6.45, 7) is 4.20. The van der Waals surface area contributed by atoms with Crippen molar-refractivity contribution in [1.29, 1.82) is 0 Å². The summed E-state index contributed by atoms with van der Waals surface area (Å²) in [5.41, 5.74) is 0. The molecule has 18 heavy (non-hydrogen) atoms. The molecule has 0 bridgehead atoms. The minimum absolute atomic E-state index is 0.0626. The van der Waals surface area contributed by atoms with Gasteiger partial charge in [-0.15, -0.1) is 0 Å². The van der Waals surface area contributed by atoms with Crippen molar-refractivity contribution in [3.8, 4) is 0 Å². The third-order valence-corrected chi connectivity index (χ3v) is 3.44. The lowest BCUT2D eigenvalue weighted by atomic mass is 9.98. The second-order valence-corrected chi connectivity index (χ2v) is 5.17. The highest BCUT2D eigenvalue weighted by atomic mass is 16.5. The van der Waals surface area contributed by atoms with Gasteiger partial charge < -0.3 is 10.1 Å². The highest BCUT2D eigenvalue weighted by Crippen LogP contribution is 2.20. The molecule has 5 nitrogen and oxygen atoms in total. The first kappa shape index (κ1) is 13.3. The molecule has 0 unspecified atom stereocenters. The molecule has 1 aliphatic carbocycles. The number of nitrogens with one attached hydrogen (secondary N) is 1. The van der Waals surface area contributed by atoms with E-state index in [0.29, 0.717) is 25.7 Å². The fraction of sp³-hybridized carbons (Fsp3) is 0.846. The van der Waals surface area contributed by atoms with Gasteiger partial charge in [0.05, 0.1) is 19.1 Å². The molecule has 0 aromatic rings. The monoisotopic (exact) mass is 254 g/mol. The van der Waals surface area contributed by atoms with Crippen molar-refractivity contribution in [2.45, 2.75) is 38.6 Å². The van der Waals surface area contributed by atoms with E-state index in [-0.39, 0.29) is 17.8 Å². The van der Waals surface area contributed by atoms with Crippen LogP contribution in [-0.2, 0) is 14.3 Å². The van der Waals surface area contributed by atoms with E-state index in [0.717, 1.165) is 32.2 Å². The Balaban J connectivity index is 1.74.